The number of hydrogen-bond donors (Lipinski definition) is 1. The van der Waals surface area contributed by atoms with Gasteiger partial charge >= 0.3 is 0 Å². The zero-order valence-electron chi connectivity index (χ0n) is 6.75. The van der Waals surface area contributed by atoms with Crippen molar-refractivity contribution in [2.75, 3.05) is 13.1 Å². The lowest BCUT2D eigenvalue weighted by molar-refractivity contribution is -0.107. The van der Waals surface area contributed by atoms with Crippen molar-refractivity contribution < 1.29 is 4.79 Å². The summed E-state index contributed by atoms with van der Waals surface area (Å²) in [4.78, 5) is 9.94. The van der Waals surface area contributed by atoms with Crippen LogP contribution < -0.4 is 5.32 Å². The molecule has 0 aromatic carbocycles. The molecule has 0 aromatic heterocycles. The predicted octanol–water partition coefficient (Wildman–Crippen LogP) is 1.13. The molecule has 62 valence electrons. The standard InChI is InChI=1S/C9H15NO/c11-7-3-1-2-4-9-5-6-10-8-9/h1-2,7,9-10H,3-6,8H2/b2-1-. The van der Waals surface area contributed by atoms with Gasteiger partial charge in [0, 0.05) is 6.42 Å². The average molecular weight is 153 g/mol. The Kier molecular flexibility index (Phi) is 3.91. The molecule has 1 unspecified atom stereocenters. The smallest absolute Gasteiger partial charge is 0.123 e. The lowest BCUT2D eigenvalue weighted by Gasteiger charge is -2.01. The minimum Gasteiger partial charge on any atom is -0.316 e. The summed E-state index contributed by atoms with van der Waals surface area (Å²) in [5.41, 5.74) is 0. The molecule has 1 fully saturated rings. The predicted molar refractivity (Wildman–Crippen MR) is 45.4 cm³/mol. The molecule has 1 rings (SSSR count). The molecule has 0 radical (unpaired) electrons. The SMILES string of the molecule is O=CC/C=C\CC1CCNC1. The van der Waals surface area contributed by atoms with Crippen LogP contribution in [0, 0.1) is 5.92 Å². The molecule has 0 aromatic rings. The fourth-order valence-electron chi connectivity index (χ4n) is 1.36. The zero-order valence-corrected chi connectivity index (χ0v) is 6.75. The number of nitrogens with one attached hydrogen (secondary N) is 1. The molecule has 1 atom stereocenters. The summed E-state index contributed by atoms with van der Waals surface area (Å²) >= 11 is 0. The Bertz CT molecular complexity index is 136. The van der Waals surface area contributed by atoms with Crippen molar-refractivity contribution in [3.05, 3.63) is 12.2 Å². The number of aldehydes is 1. The van der Waals surface area contributed by atoms with Crippen molar-refractivity contribution >= 4 is 6.29 Å². The first-order chi connectivity index (χ1) is 5.43. The van der Waals surface area contributed by atoms with Gasteiger partial charge in [0.05, 0.1) is 0 Å². The number of allylic oxidation sites excluding steroid dienone is 2. The van der Waals surface area contributed by atoms with E-state index >= 15 is 0 Å². The van der Waals surface area contributed by atoms with Crippen LogP contribution in [0.1, 0.15) is 19.3 Å². The molecule has 0 spiro atoms. The highest BCUT2D eigenvalue weighted by molar-refractivity contribution is 5.51. The van der Waals surface area contributed by atoms with Gasteiger partial charge < -0.3 is 10.1 Å². The van der Waals surface area contributed by atoms with E-state index < -0.39 is 0 Å². The quantitative estimate of drug-likeness (QED) is 0.484. The molecule has 1 N–H and O–H groups in total. The fourth-order valence-corrected chi connectivity index (χ4v) is 1.36. The van der Waals surface area contributed by atoms with Crippen molar-refractivity contribution in [2.24, 2.45) is 5.92 Å². The van der Waals surface area contributed by atoms with Gasteiger partial charge in [-0.1, -0.05) is 12.2 Å². The molecule has 0 bridgehead atoms. The van der Waals surface area contributed by atoms with E-state index in [-0.39, 0.29) is 0 Å². The van der Waals surface area contributed by atoms with E-state index in [1.165, 1.54) is 6.42 Å². The van der Waals surface area contributed by atoms with Crippen LogP contribution in [0.15, 0.2) is 12.2 Å². The van der Waals surface area contributed by atoms with Crippen LogP contribution in [0.2, 0.25) is 0 Å². The van der Waals surface area contributed by atoms with Gasteiger partial charge in [-0.25, -0.2) is 0 Å². The zero-order chi connectivity index (χ0) is 7.94. The largest absolute Gasteiger partial charge is 0.316 e. The summed E-state index contributed by atoms with van der Waals surface area (Å²) in [5.74, 6) is 0.804. The van der Waals surface area contributed by atoms with Gasteiger partial charge in [-0.3, -0.25) is 0 Å². The Morgan fingerprint density at radius 1 is 1.45 bits per heavy atom. The van der Waals surface area contributed by atoms with Crippen LogP contribution in [-0.2, 0) is 4.79 Å². The van der Waals surface area contributed by atoms with Crippen LogP contribution in [-0.4, -0.2) is 19.4 Å². The van der Waals surface area contributed by atoms with Crippen LogP contribution in [0.5, 0.6) is 0 Å². The van der Waals surface area contributed by atoms with E-state index in [2.05, 4.69) is 11.4 Å². The third-order valence-corrected chi connectivity index (χ3v) is 2.03. The van der Waals surface area contributed by atoms with Crippen molar-refractivity contribution in [3.63, 3.8) is 0 Å². The molecule has 11 heavy (non-hydrogen) atoms. The average Bonchev–Trinajstić information content (AvgIpc) is 2.50. The number of carbonyl (C=O) groups excluding carboxylic acids is 1. The molecule has 1 aliphatic heterocycles. The maximum atomic E-state index is 9.94. The fraction of sp³-hybridized carbons (Fsp3) is 0.667. The van der Waals surface area contributed by atoms with Crippen LogP contribution in [0.3, 0.4) is 0 Å². The second kappa shape index (κ2) is 5.08. The van der Waals surface area contributed by atoms with Crippen molar-refractivity contribution in [1.29, 1.82) is 0 Å². The molecular weight excluding hydrogens is 138 g/mol. The lowest BCUT2D eigenvalue weighted by Crippen LogP contribution is -2.08. The molecule has 0 saturated carbocycles. The van der Waals surface area contributed by atoms with Gasteiger partial charge in [-0.05, 0) is 31.8 Å². The van der Waals surface area contributed by atoms with Crippen LogP contribution in [0.4, 0.5) is 0 Å². The van der Waals surface area contributed by atoms with Gasteiger partial charge in [0.25, 0.3) is 0 Å². The molecule has 1 saturated heterocycles. The summed E-state index contributed by atoms with van der Waals surface area (Å²) < 4.78 is 0. The highest BCUT2D eigenvalue weighted by Crippen LogP contribution is 2.12. The number of hydrogen-bond acceptors (Lipinski definition) is 2. The molecular formula is C9H15NO. The maximum absolute atomic E-state index is 9.94. The summed E-state index contributed by atoms with van der Waals surface area (Å²) in [7, 11) is 0. The van der Waals surface area contributed by atoms with Crippen LogP contribution in [0.25, 0.3) is 0 Å². The summed E-state index contributed by atoms with van der Waals surface area (Å²) in [6.07, 6.45) is 7.98. The van der Waals surface area contributed by atoms with E-state index in [0.29, 0.717) is 6.42 Å². The third-order valence-electron chi connectivity index (χ3n) is 2.03. The second-order valence-corrected chi connectivity index (χ2v) is 2.97. The van der Waals surface area contributed by atoms with Crippen molar-refractivity contribution in [3.8, 4) is 0 Å². The monoisotopic (exact) mass is 153 g/mol. The molecule has 0 aliphatic carbocycles. The summed E-state index contributed by atoms with van der Waals surface area (Å²) in [5, 5.41) is 3.31. The molecule has 2 heteroatoms. The second-order valence-electron chi connectivity index (χ2n) is 2.97. The van der Waals surface area contributed by atoms with E-state index in [0.717, 1.165) is 31.7 Å². The van der Waals surface area contributed by atoms with Gasteiger partial charge in [-0.2, -0.15) is 0 Å². The third kappa shape index (κ3) is 3.33. The minimum atomic E-state index is 0.570. The van der Waals surface area contributed by atoms with Gasteiger partial charge in [-0.15, -0.1) is 0 Å². The number of rotatable bonds is 4. The molecule has 0 amide bonds. The first-order valence-electron chi connectivity index (χ1n) is 4.23. The Labute approximate surface area is 67.7 Å². The van der Waals surface area contributed by atoms with Crippen molar-refractivity contribution in [2.45, 2.75) is 19.3 Å². The van der Waals surface area contributed by atoms with Gasteiger partial charge in [0.1, 0.15) is 6.29 Å². The first-order valence-corrected chi connectivity index (χ1v) is 4.23. The Morgan fingerprint density at radius 3 is 3.00 bits per heavy atom. The normalized spacial score (nSPS) is 24.5. The van der Waals surface area contributed by atoms with E-state index in [9.17, 15) is 4.79 Å². The highest BCUT2D eigenvalue weighted by Gasteiger charge is 2.11. The summed E-state index contributed by atoms with van der Waals surface area (Å²) in [6.45, 7) is 2.30. The maximum Gasteiger partial charge on any atom is 0.123 e. The Balaban J connectivity index is 2.05. The summed E-state index contributed by atoms with van der Waals surface area (Å²) in [6, 6.07) is 0. The van der Waals surface area contributed by atoms with Crippen molar-refractivity contribution in [1.82, 2.24) is 5.32 Å². The van der Waals surface area contributed by atoms with E-state index in [4.69, 9.17) is 0 Å². The first kappa shape index (κ1) is 8.47. The van der Waals surface area contributed by atoms with Gasteiger partial charge in [0.15, 0.2) is 0 Å². The number of carbonyl (C=O) groups is 1. The van der Waals surface area contributed by atoms with E-state index in [1.807, 2.05) is 6.08 Å². The van der Waals surface area contributed by atoms with E-state index in [1.54, 1.807) is 0 Å². The topological polar surface area (TPSA) is 29.1 Å². The Morgan fingerprint density at radius 2 is 2.36 bits per heavy atom. The minimum absolute atomic E-state index is 0.570. The lowest BCUT2D eigenvalue weighted by atomic mass is 10.0. The highest BCUT2D eigenvalue weighted by atomic mass is 16.1. The Hall–Kier alpha value is -0.630. The van der Waals surface area contributed by atoms with Crippen LogP contribution >= 0.6 is 0 Å². The molecule has 1 heterocycles. The van der Waals surface area contributed by atoms with Gasteiger partial charge in [0.2, 0.25) is 0 Å². The molecule has 1 aliphatic rings. The molecule has 2 nitrogen and oxygen atoms in total.